The predicted molar refractivity (Wildman–Crippen MR) is 80.3 cm³/mol. The van der Waals surface area contributed by atoms with Crippen LogP contribution in [0.2, 0.25) is 5.15 Å². The maximum Gasteiger partial charge on any atom is 0.320 e. The number of nitrogens with zero attached hydrogens (tertiary/aromatic N) is 3. The number of rotatable bonds is 4. The number of allylic oxidation sites excluding steroid dienone is 2. The molecule has 1 aromatic rings. The number of amides is 1. The Morgan fingerprint density at radius 3 is 2.76 bits per heavy atom. The lowest BCUT2D eigenvalue weighted by Crippen LogP contribution is -2.05. The van der Waals surface area contributed by atoms with Crippen LogP contribution in [0, 0.1) is 10.8 Å². The molecular formula is C14H15ClN4O2. The van der Waals surface area contributed by atoms with Crippen LogP contribution in [0.25, 0.3) is 5.57 Å². The molecule has 110 valence electrons. The molecule has 1 unspecified atom stereocenters. The molecule has 6 nitrogen and oxygen atoms in total. The number of nitroso groups, excluding NO2 is 1. The fraction of sp³-hybridized carbons (Fsp3) is 0.357. The van der Waals surface area contributed by atoms with Crippen LogP contribution in [-0.4, -0.2) is 16.1 Å². The van der Waals surface area contributed by atoms with E-state index in [1.165, 1.54) is 5.57 Å². The first-order chi connectivity index (χ1) is 9.97. The minimum Gasteiger partial charge on any atom is -0.404 e. The Morgan fingerprint density at radius 2 is 2.19 bits per heavy atom. The highest BCUT2D eigenvalue weighted by Crippen LogP contribution is 2.50. The van der Waals surface area contributed by atoms with Crippen LogP contribution in [-0.2, 0) is 4.79 Å². The summed E-state index contributed by atoms with van der Waals surface area (Å²) >= 11 is 6.08. The van der Waals surface area contributed by atoms with Crippen molar-refractivity contribution in [3.63, 3.8) is 0 Å². The molecule has 2 rings (SSSR count). The highest BCUT2D eigenvalue weighted by Gasteiger charge is 2.38. The average Bonchev–Trinajstić information content (AvgIpc) is 3.19. The molecule has 1 aliphatic rings. The van der Waals surface area contributed by atoms with Crippen molar-refractivity contribution >= 4 is 23.1 Å². The molecule has 1 saturated carbocycles. The topological polar surface area (TPSA) is 98.3 Å². The predicted octanol–water partition coefficient (Wildman–Crippen LogP) is 2.79. The van der Waals surface area contributed by atoms with Crippen molar-refractivity contribution in [3.05, 3.63) is 45.2 Å². The molecule has 7 heteroatoms. The molecule has 1 aliphatic carbocycles. The van der Waals surface area contributed by atoms with Crippen molar-refractivity contribution in [3.8, 4) is 0 Å². The van der Waals surface area contributed by atoms with Gasteiger partial charge < -0.3 is 5.73 Å². The van der Waals surface area contributed by atoms with Crippen LogP contribution < -0.4 is 5.73 Å². The lowest BCUT2D eigenvalue weighted by atomic mass is 10.1. The molecule has 2 atom stereocenters. The summed E-state index contributed by atoms with van der Waals surface area (Å²) in [6, 6.07) is 1.65. The number of carbonyl (C=O) groups is 1. The van der Waals surface area contributed by atoms with Gasteiger partial charge in [0, 0.05) is 11.4 Å². The fourth-order valence-corrected chi connectivity index (χ4v) is 2.52. The van der Waals surface area contributed by atoms with Gasteiger partial charge in [0.2, 0.25) is 0 Å². The summed E-state index contributed by atoms with van der Waals surface area (Å²) in [6.07, 6.45) is 4.16. The third-order valence-electron chi connectivity index (χ3n) is 3.32. The maximum absolute atomic E-state index is 11.4. The molecule has 0 radical (unpaired) electrons. The molecule has 2 N–H and O–H groups in total. The molecule has 21 heavy (non-hydrogen) atoms. The van der Waals surface area contributed by atoms with Crippen molar-refractivity contribution in [1.82, 2.24) is 10.2 Å². The van der Waals surface area contributed by atoms with Crippen molar-refractivity contribution in [2.75, 3.05) is 0 Å². The number of carbonyl (C=O) groups excluding carboxylic acids is 1. The van der Waals surface area contributed by atoms with Crippen molar-refractivity contribution in [2.24, 2.45) is 16.8 Å². The zero-order chi connectivity index (χ0) is 15.6. The number of halogens is 1. The van der Waals surface area contributed by atoms with Crippen LogP contribution in [0.3, 0.4) is 0 Å². The molecule has 0 aliphatic heterocycles. The summed E-state index contributed by atoms with van der Waals surface area (Å²) < 4.78 is 0. The van der Waals surface area contributed by atoms with Gasteiger partial charge in [-0.05, 0) is 43.7 Å². The van der Waals surface area contributed by atoms with Gasteiger partial charge in [-0.1, -0.05) is 23.3 Å². The number of hydrogen-bond donors (Lipinski definition) is 1. The first kappa shape index (κ1) is 15.3. The van der Waals surface area contributed by atoms with Gasteiger partial charge in [0.1, 0.15) is 5.69 Å². The third-order valence-corrected chi connectivity index (χ3v) is 3.61. The number of nitrogens with two attached hydrogens (primary N) is 1. The molecule has 1 amide bonds. The standard InChI is InChI=1S/C14H15ClN4O2/c1-7(2)3-8-4-9(8)10-5-12(17-18-13(10)15)11(6-16)14(20)19-21/h3,5-6,8-9H,4,16H2,1-2H3/b11-6-/t8-,9?/m0/s1. The van der Waals surface area contributed by atoms with Crippen molar-refractivity contribution in [2.45, 2.75) is 26.2 Å². The van der Waals surface area contributed by atoms with E-state index in [1.54, 1.807) is 6.07 Å². The minimum absolute atomic E-state index is 0.0742. The molecule has 0 spiro atoms. The molecule has 0 saturated heterocycles. The van der Waals surface area contributed by atoms with Crippen LogP contribution in [0.4, 0.5) is 0 Å². The number of hydrogen-bond acceptors (Lipinski definition) is 5. The average molecular weight is 307 g/mol. The lowest BCUT2D eigenvalue weighted by molar-refractivity contribution is -0.112. The molecule has 0 aromatic carbocycles. The van der Waals surface area contributed by atoms with E-state index >= 15 is 0 Å². The van der Waals surface area contributed by atoms with Gasteiger partial charge in [-0.25, -0.2) is 0 Å². The second-order valence-corrected chi connectivity index (χ2v) is 5.56. The van der Waals surface area contributed by atoms with Crippen molar-refractivity contribution in [1.29, 1.82) is 0 Å². The second kappa shape index (κ2) is 6.13. The van der Waals surface area contributed by atoms with Gasteiger partial charge in [0.15, 0.2) is 5.15 Å². The summed E-state index contributed by atoms with van der Waals surface area (Å²) in [5, 5.41) is 10.3. The zero-order valence-electron chi connectivity index (χ0n) is 11.7. The first-order valence-electron chi connectivity index (χ1n) is 6.46. The zero-order valence-corrected chi connectivity index (χ0v) is 12.5. The summed E-state index contributed by atoms with van der Waals surface area (Å²) in [5.41, 5.74) is 7.55. The van der Waals surface area contributed by atoms with Crippen LogP contribution in [0.5, 0.6) is 0 Å². The summed E-state index contributed by atoms with van der Waals surface area (Å²) in [5.74, 6) is -0.313. The van der Waals surface area contributed by atoms with Gasteiger partial charge in [0.25, 0.3) is 0 Å². The lowest BCUT2D eigenvalue weighted by Gasteiger charge is -2.05. The van der Waals surface area contributed by atoms with Gasteiger partial charge in [-0.15, -0.1) is 15.1 Å². The largest absolute Gasteiger partial charge is 0.404 e. The third kappa shape index (κ3) is 3.33. The minimum atomic E-state index is -0.975. The second-order valence-electron chi connectivity index (χ2n) is 5.20. The van der Waals surface area contributed by atoms with Gasteiger partial charge in [-0.3, -0.25) is 4.79 Å². The Hall–Kier alpha value is -2.08. The maximum atomic E-state index is 11.4. The van der Waals surface area contributed by atoms with E-state index in [0.29, 0.717) is 11.1 Å². The Labute approximate surface area is 127 Å². The molecule has 1 aromatic heterocycles. The van der Waals surface area contributed by atoms with Gasteiger partial charge in [0.05, 0.1) is 5.57 Å². The Kier molecular flexibility index (Phi) is 4.47. The monoisotopic (exact) mass is 306 g/mol. The first-order valence-corrected chi connectivity index (χ1v) is 6.83. The quantitative estimate of drug-likeness (QED) is 0.524. The van der Waals surface area contributed by atoms with E-state index in [0.717, 1.165) is 18.2 Å². The highest BCUT2D eigenvalue weighted by atomic mass is 35.5. The summed E-state index contributed by atoms with van der Waals surface area (Å²) in [7, 11) is 0. The highest BCUT2D eigenvalue weighted by molar-refractivity contribution is 6.30. The van der Waals surface area contributed by atoms with Crippen LogP contribution >= 0.6 is 11.6 Å². The fourth-order valence-electron chi connectivity index (χ4n) is 2.28. The summed E-state index contributed by atoms with van der Waals surface area (Å²) in [4.78, 5) is 21.8. The molecule has 0 bridgehead atoms. The van der Waals surface area contributed by atoms with Gasteiger partial charge >= 0.3 is 5.91 Å². The van der Waals surface area contributed by atoms with E-state index in [9.17, 15) is 9.70 Å². The van der Waals surface area contributed by atoms with E-state index < -0.39 is 5.91 Å². The van der Waals surface area contributed by atoms with E-state index in [1.807, 2.05) is 13.8 Å². The Balaban J connectivity index is 2.33. The number of aromatic nitrogens is 2. The van der Waals surface area contributed by atoms with E-state index in [-0.39, 0.29) is 17.2 Å². The SMILES string of the molecule is CC(C)=C[C@H]1CC1c1cc(/C(=C/N)C(=O)N=O)nnc1Cl. The Morgan fingerprint density at radius 1 is 1.48 bits per heavy atom. The molecule has 1 heterocycles. The molecule has 1 fully saturated rings. The van der Waals surface area contributed by atoms with Crippen molar-refractivity contribution < 1.29 is 4.79 Å². The van der Waals surface area contributed by atoms with E-state index in [4.69, 9.17) is 17.3 Å². The normalized spacial score (nSPS) is 20.8. The molecular weight excluding hydrogens is 292 g/mol. The van der Waals surface area contributed by atoms with Crippen LogP contribution in [0.1, 0.15) is 37.4 Å². The summed E-state index contributed by atoms with van der Waals surface area (Å²) in [6.45, 7) is 4.08. The van der Waals surface area contributed by atoms with Crippen LogP contribution in [0.15, 0.2) is 29.1 Å². The smallest absolute Gasteiger partial charge is 0.320 e. The Bertz CT molecular complexity index is 650. The van der Waals surface area contributed by atoms with Gasteiger partial charge in [-0.2, -0.15) is 0 Å². The van der Waals surface area contributed by atoms with E-state index in [2.05, 4.69) is 21.5 Å².